The lowest BCUT2D eigenvalue weighted by molar-refractivity contribution is 0.102. The maximum absolute atomic E-state index is 11.8. The third-order valence-corrected chi connectivity index (χ3v) is 2.41. The Hall–Kier alpha value is -1.94. The number of carbonyl (C=O) groups is 1. The van der Waals surface area contributed by atoms with Crippen molar-refractivity contribution >= 4 is 23.3 Å². The lowest BCUT2D eigenvalue weighted by Crippen LogP contribution is -2.14. The van der Waals surface area contributed by atoms with Gasteiger partial charge < -0.3 is 5.32 Å². The average Bonchev–Trinajstić information content (AvgIpc) is 2.34. The molecule has 0 bridgehead atoms. The predicted octanol–water partition coefficient (Wildman–Crippen LogP) is 2.69. The molecule has 2 aromatic heterocycles. The van der Waals surface area contributed by atoms with Crippen molar-refractivity contribution in [3.8, 4) is 0 Å². The largest absolute Gasteiger partial charge is 0.306 e. The number of hydrogen-bond acceptors (Lipinski definition) is 3. The Morgan fingerprint density at radius 2 is 2.24 bits per heavy atom. The van der Waals surface area contributed by atoms with E-state index < -0.39 is 0 Å². The topological polar surface area (TPSA) is 54.9 Å². The number of halogens is 1. The number of anilines is 1. The van der Waals surface area contributed by atoms with Crippen LogP contribution in [0.1, 0.15) is 15.9 Å². The van der Waals surface area contributed by atoms with Crippen molar-refractivity contribution in [2.24, 2.45) is 0 Å². The molecular formula is C12H10ClN3O. The van der Waals surface area contributed by atoms with Gasteiger partial charge in [-0.25, -0.2) is 4.98 Å². The van der Waals surface area contributed by atoms with E-state index in [1.165, 1.54) is 12.4 Å². The van der Waals surface area contributed by atoms with Gasteiger partial charge in [0, 0.05) is 18.6 Å². The van der Waals surface area contributed by atoms with Crippen LogP contribution in [0.15, 0.2) is 36.8 Å². The van der Waals surface area contributed by atoms with Crippen LogP contribution >= 0.6 is 11.6 Å². The molecule has 2 rings (SSSR count). The van der Waals surface area contributed by atoms with Crippen molar-refractivity contribution < 1.29 is 4.79 Å². The maximum Gasteiger partial charge on any atom is 0.258 e. The molecule has 0 fully saturated rings. The maximum atomic E-state index is 11.8. The highest BCUT2D eigenvalue weighted by molar-refractivity contribution is 6.30. The van der Waals surface area contributed by atoms with Gasteiger partial charge in [-0.05, 0) is 30.7 Å². The number of hydrogen-bond donors (Lipinski definition) is 1. The second-order valence-electron chi connectivity index (χ2n) is 3.51. The number of nitrogens with zero attached hydrogens (tertiary/aromatic N) is 2. The summed E-state index contributed by atoms with van der Waals surface area (Å²) in [5, 5.41) is 3.25. The fourth-order valence-corrected chi connectivity index (χ4v) is 1.56. The van der Waals surface area contributed by atoms with Gasteiger partial charge >= 0.3 is 0 Å². The summed E-state index contributed by atoms with van der Waals surface area (Å²) < 4.78 is 0. The van der Waals surface area contributed by atoms with Crippen LogP contribution in [0.4, 0.5) is 5.82 Å². The molecule has 1 N–H and O–H groups in total. The zero-order valence-corrected chi connectivity index (χ0v) is 9.90. The second-order valence-corrected chi connectivity index (χ2v) is 3.95. The number of aromatic nitrogens is 2. The fourth-order valence-electron chi connectivity index (χ4n) is 1.35. The Labute approximate surface area is 104 Å². The summed E-state index contributed by atoms with van der Waals surface area (Å²) in [5.41, 5.74) is 1.30. The van der Waals surface area contributed by atoms with Gasteiger partial charge in [0.15, 0.2) is 0 Å². The van der Waals surface area contributed by atoms with E-state index in [-0.39, 0.29) is 5.91 Å². The lowest BCUT2D eigenvalue weighted by atomic mass is 10.2. The molecule has 2 aromatic rings. The summed E-state index contributed by atoms with van der Waals surface area (Å²) in [7, 11) is 0. The first-order chi connectivity index (χ1) is 8.16. The Bertz CT molecular complexity index is 543. The first-order valence-electron chi connectivity index (χ1n) is 5.00. The summed E-state index contributed by atoms with van der Waals surface area (Å²) in [5.74, 6) is 0.263. The Morgan fingerprint density at radius 3 is 2.88 bits per heavy atom. The molecule has 5 heteroatoms. The number of amides is 1. The minimum atomic E-state index is -0.240. The van der Waals surface area contributed by atoms with Gasteiger partial charge in [-0.3, -0.25) is 9.78 Å². The number of aryl methyl sites for hydroxylation is 1. The van der Waals surface area contributed by atoms with Gasteiger partial charge in [-0.15, -0.1) is 0 Å². The van der Waals surface area contributed by atoms with E-state index >= 15 is 0 Å². The van der Waals surface area contributed by atoms with Crippen molar-refractivity contribution in [3.05, 3.63) is 52.9 Å². The van der Waals surface area contributed by atoms with Gasteiger partial charge in [0.05, 0.1) is 10.6 Å². The van der Waals surface area contributed by atoms with E-state index in [1.54, 1.807) is 24.4 Å². The van der Waals surface area contributed by atoms with Crippen LogP contribution in [-0.2, 0) is 0 Å². The average molecular weight is 248 g/mol. The summed E-state index contributed by atoms with van der Waals surface area (Å²) >= 11 is 5.79. The zero-order chi connectivity index (χ0) is 12.3. The highest BCUT2D eigenvalue weighted by Gasteiger charge is 2.08. The number of pyridine rings is 2. The van der Waals surface area contributed by atoms with Crippen molar-refractivity contribution in [2.75, 3.05) is 5.32 Å². The molecule has 0 atom stereocenters. The van der Waals surface area contributed by atoms with Crippen LogP contribution in [0.2, 0.25) is 5.02 Å². The standard InChI is InChI=1S/C12H10ClN3O/c1-8-5-10(13)7-15-11(8)16-12(17)9-3-2-4-14-6-9/h2-7H,1H3,(H,15,16,17). The Balaban J connectivity index is 2.19. The van der Waals surface area contributed by atoms with E-state index in [1.807, 2.05) is 6.92 Å². The quantitative estimate of drug-likeness (QED) is 0.888. The fraction of sp³-hybridized carbons (Fsp3) is 0.0833. The minimum Gasteiger partial charge on any atom is -0.306 e. The molecule has 0 saturated heterocycles. The Kier molecular flexibility index (Phi) is 3.35. The van der Waals surface area contributed by atoms with Crippen LogP contribution in [0.25, 0.3) is 0 Å². The second kappa shape index (κ2) is 4.93. The molecule has 0 radical (unpaired) electrons. The third kappa shape index (κ3) is 2.79. The molecule has 0 aliphatic rings. The summed E-state index contributed by atoms with van der Waals surface area (Å²) in [6.07, 6.45) is 4.61. The summed E-state index contributed by atoms with van der Waals surface area (Å²) in [6.45, 7) is 1.83. The van der Waals surface area contributed by atoms with Crippen molar-refractivity contribution in [1.82, 2.24) is 9.97 Å². The smallest absolute Gasteiger partial charge is 0.258 e. The van der Waals surface area contributed by atoms with Gasteiger partial charge in [-0.1, -0.05) is 11.6 Å². The molecule has 86 valence electrons. The van der Waals surface area contributed by atoms with E-state index in [4.69, 9.17) is 11.6 Å². The molecule has 0 aliphatic carbocycles. The predicted molar refractivity (Wildman–Crippen MR) is 66.2 cm³/mol. The Morgan fingerprint density at radius 1 is 1.41 bits per heavy atom. The van der Waals surface area contributed by atoms with Gasteiger partial charge in [0.2, 0.25) is 0 Å². The van der Waals surface area contributed by atoms with Crippen LogP contribution in [0.5, 0.6) is 0 Å². The van der Waals surface area contributed by atoms with E-state index in [0.29, 0.717) is 16.4 Å². The van der Waals surface area contributed by atoms with E-state index in [0.717, 1.165) is 5.56 Å². The molecule has 17 heavy (non-hydrogen) atoms. The van der Waals surface area contributed by atoms with Crippen LogP contribution in [0, 0.1) is 6.92 Å². The van der Waals surface area contributed by atoms with Crippen molar-refractivity contribution in [1.29, 1.82) is 0 Å². The molecule has 2 heterocycles. The van der Waals surface area contributed by atoms with Crippen LogP contribution < -0.4 is 5.32 Å². The third-order valence-electron chi connectivity index (χ3n) is 2.20. The van der Waals surface area contributed by atoms with Gasteiger partial charge in [0.1, 0.15) is 5.82 Å². The first kappa shape index (κ1) is 11.5. The van der Waals surface area contributed by atoms with E-state index in [9.17, 15) is 4.79 Å². The summed E-state index contributed by atoms with van der Waals surface area (Å²) in [6, 6.07) is 5.14. The van der Waals surface area contributed by atoms with E-state index in [2.05, 4.69) is 15.3 Å². The van der Waals surface area contributed by atoms with Gasteiger partial charge in [-0.2, -0.15) is 0 Å². The lowest BCUT2D eigenvalue weighted by Gasteiger charge is -2.06. The highest BCUT2D eigenvalue weighted by atomic mass is 35.5. The monoisotopic (exact) mass is 247 g/mol. The normalized spacial score (nSPS) is 10.0. The number of carbonyl (C=O) groups excluding carboxylic acids is 1. The van der Waals surface area contributed by atoms with Gasteiger partial charge in [0.25, 0.3) is 5.91 Å². The zero-order valence-electron chi connectivity index (χ0n) is 9.14. The van der Waals surface area contributed by atoms with Crippen molar-refractivity contribution in [2.45, 2.75) is 6.92 Å². The molecule has 0 aliphatic heterocycles. The minimum absolute atomic E-state index is 0.240. The summed E-state index contributed by atoms with van der Waals surface area (Å²) in [4.78, 5) is 19.8. The number of rotatable bonds is 2. The van der Waals surface area contributed by atoms with Crippen LogP contribution in [0.3, 0.4) is 0 Å². The molecule has 1 amide bonds. The first-order valence-corrected chi connectivity index (χ1v) is 5.38. The molecule has 0 saturated carbocycles. The van der Waals surface area contributed by atoms with Crippen LogP contribution in [-0.4, -0.2) is 15.9 Å². The number of nitrogens with one attached hydrogen (secondary N) is 1. The highest BCUT2D eigenvalue weighted by Crippen LogP contribution is 2.16. The molecule has 0 spiro atoms. The molecular weight excluding hydrogens is 238 g/mol. The SMILES string of the molecule is Cc1cc(Cl)cnc1NC(=O)c1cccnc1. The molecule has 0 aromatic carbocycles. The molecule has 0 unspecified atom stereocenters. The van der Waals surface area contributed by atoms with Crippen molar-refractivity contribution in [3.63, 3.8) is 0 Å². The molecule has 4 nitrogen and oxygen atoms in total.